The van der Waals surface area contributed by atoms with Crippen molar-refractivity contribution in [2.45, 2.75) is 6.61 Å². The number of carbonyl (C=O) groups is 2. The van der Waals surface area contributed by atoms with Gasteiger partial charge in [0, 0.05) is 10.0 Å². The van der Waals surface area contributed by atoms with E-state index in [9.17, 15) is 9.59 Å². The Morgan fingerprint density at radius 3 is 2.00 bits per heavy atom. The zero-order valence-corrected chi connectivity index (χ0v) is 19.3. The highest BCUT2D eigenvalue weighted by atomic mass is 35.5. The van der Waals surface area contributed by atoms with Gasteiger partial charge < -0.3 is 10.1 Å². The average molecular weight is 508 g/mol. The Bertz CT molecular complexity index is 1200. The minimum atomic E-state index is -0.566. The van der Waals surface area contributed by atoms with Crippen molar-refractivity contribution in [1.29, 1.82) is 0 Å². The molecule has 1 saturated heterocycles. The SMILES string of the molecule is O=C1N/C(=C/c2cc(Cl)c(OCc3ccc(Cl)cc3)c(Cl)c2)C(=O)N1c1ccc(Cl)cc1. The molecule has 1 aliphatic heterocycles. The maximum absolute atomic E-state index is 12.8. The topological polar surface area (TPSA) is 58.6 Å². The van der Waals surface area contributed by atoms with Crippen molar-refractivity contribution in [3.63, 3.8) is 0 Å². The number of benzene rings is 3. The minimum absolute atomic E-state index is 0.0897. The summed E-state index contributed by atoms with van der Waals surface area (Å²) in [5.41, 5.74) is 1.92. The van der Waals surface area contributed by atoms with E-state index in [0.717, 1.165) is 10.5 Å². The lowest BCUT2D eigenvalue weighted by Gasteiger charge is -2.12. The third kappa shape index (κ3) is 4.87. The van der Waals surface area contributed by atoms with Crippen LogP contribution < -0.4 is 15.0 Å². The number of nitrogens with zero attached hydrogens (tertiary/aromatic N) is 1. The number of anilines is 1. The van der Waals surface area contributed by atoms with Crippen LogP contribution in [0.15, 0.2) is 66.4 Å². The molecule has 0 unspecified atom stereocenters. The van der Waals surface area contributed by atoms with E-state index in [1.54, 1.807) is 48.5 Å². The van der Waals surface area contributed by atoms with E-state index in [0.29, 0.717) is 27.0 Å². The van der Waals surface area contributed by atoms with Crippen molar-refractivity contribution >= 4 is 70.1 Å². The Hall–Kier alpha value is -2.70. The standard InChI is InChI=1S/C23H14Cl4N2O3/c24-15-3-1-13(2-4-15)12-32-21-18(26)9-14(10-19(21)27)11-20-22(30)29(23(31)28-20)17-7-5-16(25)6-8-17/h1-11H,12H2,(H,28,31)/b20-11+. The number of urea groups is 1. The Labute approximate surface area is 204 Å². The molecule has 1 heterocycles. The number of ether oxygens (including phenoxy) is 1. The number of carbonyl (C=O) groups excluding carboxylic acids is 2. The van der Waals surface area contributed by atoms with Gasteiger partial charge in [0.05, 0.1) is 15.7 Å². The first kappa shape index (κ1) is 22.5. The van der Waals surface area contributed by atoms with Gasteiger partial charge in [-0.1, -0.05) is 58.5 Å². The molecule has 32 heavy (non-hydrogen) atoms. The number of nitrogens with one attached hydrogen (secondary N) is 1. The fraction of sp³-hybridized carbons (Fsp3) is 0.0435. The average Bonchev–Trinajstić information content (AvgIpc) is 3.02. The van der Waals surface area contributed by atoms with Crippen molar-refractivity contribution < 1.29 is 14.3 Å². The van der Waals surface area contributed by atoms with Crippen molar-refractivity contribution in [2.75, 3.05) is 4.90 Å². The third-order valence-corrected chi connectivity index (χ3v) is 5.66. The maximum atomic E-state index is 12.8. The quantitative estimate of drug-likeness (QED) is 0.299. The first-order valence-electron chi connectivity index (χ1n) is 9.31. The molecule has 5 nitrogen and oxygen atoms in total. The zero-order valence-electron chi connectivity index (χ0n) is 16.2. The summed E-state index contributed by atoms with van der Waals surface area (Å²) >= 11 is 24.5. The molecule has 4 rings (SSSR count). The molecule has 9 heteroatoms. The Morgan fingerprint density at radius 1 is 0.844 bits per heavy atom. The fourth-order valence-corrected chi connectivity index (χ4v) is 3.93. The van der Waals surface area contributed by atoms with Gasteiger partial charge in [0.1, 0.15) is 12.3 Å². The van der Waals surface area contributed by atoms with Gasteiger partial charge >= 0.3 is 6.03 Å². The van der Waals surface area contributed by atoms with Crippen LogP contribution >= 0.6 is 46.4 Å². The first-order valence-corrected chi connectivity index (χ1v) is 10.8. The number of amides is 3. The second-order valence-electron chi connectivity index (χ2n) is 6.83. The minimum Gasteiger partial charge on any atom is -0.486 e. The lowest BCUT2D eigenvalue weighted by Crippen LogP contribution is -2.30. The molecule has 162 valence electrons. The van der Waals surface area contributed by atoms with Crippen molar-refractivity contribution in [1.82, 2.24) is 5.32 Å². The summed E-state index contributed by atoms with van der Waals surface area (Å²) in [6, 6.07) is 16.2. The van der Waals surface area contributed by atoms with Crippen LogP contribution in [0, 0.1) is 0 Å². The van der Waals surface area contributed by atoms with Gasteiger partial charge in [-0.05, 0) is 65.7 Å². The Kier molecular flexibility index (Phi) is 6.63. The molecule has 0 spiro atoms. The lowest BCUT2D eigenvalue weighted by atomic mass is 10.1. The van der Waals surface area contributed by atoms with Crippen LogP contribution in [-0.2, 0) is 11.4 Å². The summed E-state index contributed by atoms with van der Waals surface area (Å²) in [7, 11) is 0. The van der Waals surface area contributed by atoms with Crippen LogP contribution in [0.4, 0.5) is 10.5 Å². The van der Waals surface area contributed by atoms with E-state index >= 15 is 0 Å². The number of imide groups is 1. The van der Waals surface area contributed by atoms with Crippen LogP contribution in [0.5, 0.6) is 5.75 Å². The van der Waals surface area contributed by atoms with Crippen LogP contribution in [0.2, 0.25) is 20.1 Å². The Balaban J connectivity index is 1.54. The molecule has 3 amide bonds. The Morgan fingerprint density at radius 2 is 1.41 bits per heavy atom. The van der Waals surface area contributed by atoms with Crippen LogP contribution in [0.25, 0.3) is 6.08 Å². The van der Waals surface area contributed by atoms with Gasteiger partial charge in [-0.2, -0.15) is 0 Å². The first-order chi connectivity index (χ1) is 15.3. The molecule has 0 aromatic heterocycles. The van der Waals surface area contributed by atoms with Crippen LogP contribution in [0.3, 0.4) is 0 Å². The van der Waals surface area contributed by atoms with E-state index in [-0.39, 0.29) is 22.3 Å². The predicted octanol–water partition coefficient (Wildman–Crippen LogP) is 6.98. The van der Waals surface area contributed by atoms with Gasteiger partial charge in [-0.25, -0.2) is 9.69 Å². The molecule has 0 saturated carbocycles. The number of halogens is 4. The largest absolute Gasteiger partial charge is 0.486 e. The normalized spacial score (nSPS) is 14.8. The summed E-state index contributed by atoms with van der Waals surface area (Å²) in [5.74, 6) is -0.192. The summed E-state index contributed by atoms with van der Waals surface area (Å²) in [6.45, 7) is 0.252. The highest BCUT2D eigenvalue weighted by molar-refractivity contribution is 6.37. The molecule has 1 N–H and O–H groups in total. The maximum Gasteiger partial charge on any atom is 0.333 e. The number of rotatable bonds is 5. The van der Waals surface area contributed by atoms with Crippen molar-refractivity contribution in [3.05, 3.63) is 97.6 Å². The van der Waals surface area contributed by atoms with Gasteiger partial charge in [0.2, 0.25) is 0 Å². The molecule has 0 radical (unpaired) electrons. The van der Waals surface area contributed by atoms with Gasteiger partial charge in [0.25, 0.3) is 5.91 Å². The van der Waals surface area contributed by atoms with E-state index < -0.39 is 11.9 Å². The molecule has 3 aromatic rings. The summed E-state index contributed by atoms with van der Waals surface area (Å²) in [4.78, 5) is 26.1. The highest BCUT2D eigenvalue weighted by Gasteiger charge is 2.34. The molecular formula is C23H14Cl4N2O3. The lowest BCUT2D eigenvalue weighted by molar-refractivity contribution is -0.113. The predicted molar refractivity (Wildman–Crippen MR) is 128 cm³/mol. The van der Waals surface area contributed by atoms with Crippen LogP contribution in [0.1, 0.15) is 11.1 Å². The van der Waals surface area contributed by atoms with E-state index in [1.165, 1.54) is 6.08 Å². The van der Waals surface area contributed by atoms with E-state index in [1.807, 2.05) is 12.1 Å². The zero-order chi connectivity index (χ0) is 22.8. The van der Waals surface area contributed by atoms with Gasteiger partial charge in [0.15, 0.2) is 5.75 Å². The molecule has 1 fully saturated rings. The molecule has 1 aliphatic rings. The number of hydrogen-bond acceptors (Lipinski definition) is 3. The smallest absolute Gasteiger partial charge is 0.333 e. The number of hydrogen-bond donors (Lipinski definition) is 1. The molecular weight excluding hydrogens is 494 g/mol. The molecule has 0 bridgehead atoms. The van der Waals surface area contributed by atoms with Gasteiger partial charge in [-0.3, -0.25) is 4.79 Å². The highest BCUT2D eigenvalue weighted by Crippen LogP contribution is 2.36. The molecule has 3 aromatic carbocycles. The third-order valence-electron chi connectivity index (χ3n) is 4.59. The van der Waals surface area contributed by atoms with Gasteiger partial charge in [-0.15, -0.1) is 0 Å². The molecule has 0 aliphatic carbocycles. The van der Waals surface area contributed by atoms with Crippen molar-refractivity contribution in [3.8, 4) is 5.75 Å². The van der Waals surface area contributed by atoms with Crippen molar-refractivity contribution in [2.24, 2.45) is 0 Å². The van der Waals surface area contributed by atoms with Crippen LogP contribution in [-0.4, -0.2) is 11.9 Å². The second-order valence-corrected chi connectivity index (χ2v) is 8.52. The summed E-state index contributed by atoms with van der Waals surface area (Å²) in [6.07, 6.45) is 1.50. The summed E-state index contributed by atoms with van der Waals surface area (Å²) < 4.78 is 5.76. The summed E-state index contributed by atoms with van der Waals surface area (Å²) in [5, 5.41) is 4.22. The van der Waals surface area contributed by atoms with E-state index in [4.69, 9.17) is 51.1 Å². The fourth-order valence-electron chi connectivity index (χ4n) is 3.06. The molecule has 0 atom stereocenters. The second kappa shape index (κ2) is 9.43. The monoisotopic (exact) mass is 506 g/mol. The van der Waals surface area contributed by atoms with E-state index in [2.05, 4.69) is 5.32 Å².